The summed E-state index contributed by atoms with van der Waals surface area (Å²) >= 11 is 0. The second-order valence-electron chi connectivity index (χ2n) is 3.94. The second kappa shape index (κ2) is 6.02. The molecule has 4 nitrogen and oxygen atoms in total. The number of carbonyl (C=O) groups excluding carboxylic acids is 1. The number of nitrogens with zero attached hydrogens (tertiary/aromatic N) is 2. The van der Waals surface area contributed by atoms with E-state index in [9.17, 15) is 4.79 Å². The first-order valence-electron chi connectivity index (χ1n) is 5.43. The van der Waals surface area contributed by atoms with Crippen molar-refractivity contribution in [1.29, 1.82) is 5.26 Å². The molecule has 0 saturated carbocycles. The lowest BCUT2D eigenvalue weighted by Crippen LogP contribution is -2.31. The molecule has 1 aromatic rings. The van der Waals surface area contributed by atoms with Gasteiger partial charge in [0.05, 0.1) is 17.4 Å². The van der Waals surface area contributed by atoms with Gasteiger partial charge in [0.15, 0.2) is 0 Å². The number of amides is 1. The van der Waals surface area contributed by atoms with Crippen LogP contribution in [0, 0.1) is 11.3 Å². The predicted molar refractivity (Wildman–Crippen MR) is 65.7 cm³/mol. The Kier molecular flexibility index (Phi) is 4.68. The molecule has 0 spiro atoms. The van der Waals surface area contributed by atoms with E-state index in [1.54, 1.807) is 31.3 Å². The van der Waals surface area contributed by atoms with Crippen LogP contribution in [-0.4, -0.2) is 25.7 Å². The fourth-order valence-corrected chi connectivity index (χ4v) is 1.33. The van der Waals surface area contributed by atoms with Gasteiger partial charge in [-0.3, -0.25) is 4.79 Å². The number of anilines is 1. The van der Waals surface area contributed by atoms with Gasteiger partial charge in [-0.25, -0.2) is 0 Å². The highest BCUT2D eigenvalue weighted by atomic mass is 16.5. The highest BCUT2D eigenvalue weighted by molar-refractivity contribution is 5.95. The lowest BCUT2D eigenvalue weighted by atomic mass is 10.2. The van der Waals surface area contributed by atoms with Crippen LogP contribution in [0.2, 0.25) is 0 Å². The summed E-state index contributed by atoms with van der Waals surface area (Å²) in [7, 11) is 1.64. The van der Waals surface area contributed by atoms with Crippen LogP contribution in [0.5, 0.6) is 0 Å². The van der Waals surface area contributed by atoms with E-state index in [0.717, 1.165) is 0 Å². The van der Waals surface area contributed by atoms with Crippen LogP contribution in [0.1, 0.15) is 19.4 Å². The summed E-state index contributed by atoms with van der Waals surface area (Å²) in [5, 5.41) is 8.95. The molecule has 0 aliphatic heterocycles. The van der Waals surface area contributed by atoms with Crippen molar-refractivity contribution < 1.29 is 9.53 Å². The molecule has 0 aromatic heterocycles. The summed E-state index contributed by atoms with van der Waals surface area (Å²) in [6.07, 6.45) is 0.0126. The predicted octanol–water partition coefficient (Wildman–Crippen LogP) is 1.95. The minimum atomic E-state index is -0.165. The Labute approximate surface area is 101 Å². The first-order chi connectivity index (χ1) is 8.06. The monoisotopic (exact) mass is 232 g/mol. The topological polar surface area (TPSA) is 53.3 Å². The fourth-order valence-electron chi connectivity index (χ4n) is 1.33. The van der Waals surface area contributed by atoms with Crippen LogP contribution >= 0.6 is 0 Å². The molecule has 0 saturated heterocycles. The van der Waals surface area contributed by atoms with E-state index in [0.29, 0.717) is 11.3 Å². The molecule has 1 aromatic carbocycles. The largest absolute Gasteiger partial charge is 0.369 e. The zero-order valence-corrected chi connectivity index (χ0v) is 10.3. The summed E-state index contributed by atoms with van der Waals surface area (Å²) < 4.78 is 5.25. The maximum atomic E-state index is 11.8. The number of nitriles is 1. The van der Waals surface area contributed by atoms with Gasteiger partial charge in [-0.2, -0.15) is 5.26 Å². The lowest BCUT2D eigenvalue weighted by Gasteiger charge is -2.19. The molecule has 0 aliphatic carbocycles. The molecule has 0 unspecified atom stereocenters. The summed E-state index contributed by atoms with van der Waals surface area (Å²) in [6.45, 7) is 3.76. The zero-order chi connectivity index (χ0) is 12.8. The summed E-state index contributed by atoms with van der Waals surface area (Å²) in [4.78, 5) is 13.3. The Hall–Kier alpha value is -1.86. The van der Waals surface area contributed by atoms with E-state index in [1.807, 2.05) is 13.8 Å². The minimum Gasteiger partial charge on any atom is -0.369 e. The smallest absolute Gasteiger partial charge is 0.252 e. The van der Waals surface area contributed by atoms with Gasteiger partial charge in [-0.1, -0.05) is 12.1 Å². The van der Waals surface area contributed by atoms with E-state index in [1.165, 1.54) is 4.90 Å². The number of ether oxygens (including phenoxy) is 1. The second-order valence-corrected chi connectivity index (χ2v) is 3.94. The Morgan fingerprint density at radius 2 is 2.12 bits per heavy atom. The molecule has 4 heteroatoms. The van der Waals surface area contributed by atoms with Gasteiger partial charge in [-0.05, 0) is 26.0 Å². The van der Waals surface area contributed by atoms with E-state index in [-0.39, 0.29) is 18.6 Å². The SMILES string of the molecule is CC(C)OCC(=O)N(C)c1ccccc1C#N. The summed E-state index contributed by atoms with van der Waals surface area (Å²) in [6, 6.07) is 9.05. The molecular weight excluding hydrogens is 216 g/mol. The summed E-state index contributed by atoms with van der Waals surface area (Å²) in [5.74, 6) is -0.165. The molecule has 90 valence electrons. The van der Waals surface area contributed by atoms with Crippen LogP contribution in [0.4, 0.5) is 5.69 Å². The van der Waals surface area contributed by atoms with Crippen molar-refractivity contribution >= 4 is 11.6 Å². The fraction of sp³-hybridized carbons (Fsp3) is 0.385. The Morgan fingerprint density at radius 3 is 2.71 bits per heavy atom. The molecule has 0 radical (unpaired) electrons. The van der Waals surface area contributed by atoms with Crippen LogP contribution in [0.3, 0.4) is 0 Å². The molecule has 1 rings (SSSR count). The molecule has 0 aliphatic rings. The average molecular weight is 232 g/mol. The number of hydrogen-bond acceptors (Lipinski definition) is 3. The maximum absolute atomic E-state index is 11.8. The highest BCUT2D eigenvalue weighted by Crippen LogP contribution is 2.18. The molecular formula is C13H16N2O2. The van der Waals surface area contributed by atoms with E-state index in [4.69, 9.17) is 10.00 Å². The van der Waals surface area contributed by atoms with Gasteiger partial charge in [0, 0.05) is 7.05 Å². The molecule has 0 fully saturated rings. The molecule has 0 bridgehead atoms. The first-order valence-corrected chi connectivity index (χ1v) is 5.43. The Bertz CT molecular complexity index is 435. The van der Waals surface area contributed by atoms with Crippen LogP contribution in [-0.2, 0) is 9.53 Å². The number of hydrogen-bond donors (Lipinski definition) is 0. The molecule has 1 amide bonds. The standard InChI is InChI=1S/C13H16N2O2/c1-10(2)17-9-13(16)15(3)12-7-5-4-6-11(12)8-14/h4-7,10H,9H2,1-3H3. The van der Waals surface area contributed by atoms with Crippen molar-refractivity contribution in [3.8, 4) is 6.07 Å². The third-order valence-electron chi connectivity index (χ3n) is 2.30. The van der Waals surface area contributed by atoms with Crippen molar-refractivity contribution in [2.24, 2.45) is 0 Å². The maximum Gasteiger partial charge on any atom is 0.252 e. The van der Waals surface area contributed by atoms with Crippen molar-refractivity contribution in [2.75, 3.05) is 18.6 Å². The normalized spacial score (nSPS) is 10.1. The molecule has 0 heterocycles. The highest BCUT2D eigenvalue weighted by Gasteiger charge is 2.14. The average Bonchev–Trinajstić information content (AvgIpc) is 2.34. The third kappa shape index (κ3) is 3.58. The molecule has 0 atom stereocenters. The molecule has 17 heavy (non-hydrogen) atoms. The van der Waals surface area contributed by atoms with Gasteiger partial charge in [0.2, 0.25) is 0 Å². The number of para-hydroxylation sites is 1. The van der Waals surface area contributed by atoms with Gasteiger partial charge in [0.25, 0.3) is 5.91 Å². The number of carbonyl (C=O) groups is 1. The lowest BCUT2D eigenvalue weighted by molar-refractivity contribution is -0.124. The van der Waals surface area contributed by atoms with Crippen LogP contribution in [0.25, 0.3) is 0 Å². The van der Waals surface area contributed by atoms with Gasteiger partial charge < -0.3 is 9.64 Å². The molecule has 0 N–H and O–H groups in total. The van der Waals surface area contributed by atoms with E-state index < -0.39 is 0 Å². The number of benzene rings is 1. The quantitative estimate of drug-likeness (QED) is 0.797. The van der Waals surface area contributed by atoms with Gasteiger partial charge in [0.1, 0.15) is 12.7 Å². The van der Waals surface area contributed by atoms with Crippen molar-refractivity contribution in [3.05, 3.63) is 29.8 Å². The number of rotatable bonds is 4. The Balaban J connectivity index is 2.79. The van der Waals surface area contributed by atoms with Crippen LogP contribution < -0.4 is 4.90 Å². The zero-order valence-electron chi connectivity index (χ0n) is 10.3. The van der Waals surface area contributed by atoms with Gasteiger partial charge >= 0.3 is 0 Å². The summed E-state index contributed by atoms with van der Waals surface area (Å²) in [5.41, 5.74) is 1.08. The Morgan fingerprint density at radius 1 is 1.47 bits per heavy atom. The first kappa shape index (κ1) is 13.2. The van der Waals surface area contributed by atoms with E-state index in [2.05, 4.69) is 6.07 Å². The van der Waals surface area contributed by atoms with Gasteiger partial charge in [-0.15, -0.1) is 0 Å². The van der Waals surface area contributed by atoms with Crippen molar-refractivity contribution in [3.63, 3.8) is 0 Å². The van der Waals surface area contributed by atoms with Crippen molar-refractivity contribution in [2.45, 2.75) is 20.0 Å². The van der Waals surface area contributed by atoms with Crippen molar-refractivity contribution in [1.82, 2.24) is 0 Å². The van der Waals surface area contributed by atoms with E-state index >= 15 is 0 Å². The number of likely N-dealkylation sites (N-methyl/N-ethyl adjacent to an activating group) is 1. The van der Waals surface area contributed by atoms with Crippen LogP contribution in [0.15, 0.2) is 24.3 Å². The third-order valence-corrected chi connectivity index (χ3v) is 2.30. The minimum absolute atomic E-state index is 0.0126.